The molecule has 0 aromatic carbocycles. The largest absolute Gasteiger partial charge is 0.382 e. The number of nitrogen functional groups attached to an aromatic ring is 1. The van der Waals surface area contributed by atoms with Gasteiger partial charge in [0.2, 0.25) is 0 Å². The molecule has 0 saturated heterocycles. The zero-order valence-electron chi connectivity index (χ0n) is 9.74. The number of nitrogens with zero attached hydrogens (tertiary/aromatic N) is 2. The second-order valence-corrected chi connectivity index (χ2v) is 3.81. The molecule has 1 rings (SSSR count). The third-order valence-electron chi connectivity index (χ3n) is 2.67. The van der Waals surface area contributed by atoms with Crippen molar-refractivity contribution in [1.82, 2.24) is 9.55 Å². The van der Waals surface area contributed by atoms with E-state index in [-0.39, 0.29) is 23.1 Å². The summed E-state index contributed by atoms with van der Waals surface area (Å²) in [4.78, 5) is 15.5. The van der Waals surface area contributed by atoms with Crippen LogP contribution < -0.4 is 11.5 Å². The van der Waals surface area contributed by atoms with E-state index in [0.717, 1.165) is 12.2 Å². The van der Waals surface area contributed by atoms with Gasteiger partial charge in [0.25, 0.3) is 5.91 Å². The van der Waals surface area contributed by atoms with Crippen LogP contribution in [0.25, 0.3) is 0 Å². The quantitative estimate of drug-likeness (QED) is 0.504. The third kappa shape index (κ3) is 1.91. The molecule has 1 atom stereocenters. The minimum Gasteiger partial charge on any atom is -0.382 e. The number of nitrogens with one attached hydrogen (secondary N) is 1. The van der Waals surface area contributed by atoms with Gasteiger partial charge in [-0.15, -0.1) is 0 Å². The number of nitrogens with two attached hydrogens (primary N) is 2. The first-order valence-electron chi connectivity index (χ1n) is 5.10. The number of aromatic nitrogens is 2. The highest BCUT2D eigenvalue weighted by atomic mass is 16.1. The maximum absolute atomic E-state index is 11.3. The van der Waals surface area contributed by atoms with Crippen LogP contribution in [0.4, 0.5) is 0 Å². The van der Waals surface area contributed by atoms with Crippen molar-refractivity contribution in [3.63, 3.8) is 0 Å². The number of hydrogen-bond acceptors (Lipinski definition) is 3. The van der Waals surface area contributed by atoms with Crippen molar-refractivity contribution < 1.29 is 4.79 Å². The second kappa shape index (κ2) is 4.34. The van der Waals surface area contributed by atoms with E-state index in [1.54, 1.807) is 11.6 Å². The number of amidine groups is 1. The number of amides is 1. The Labute approximate surface area is 94.2 Å². The van der Waals surface area contributed by atoms with E-state index >= 15 is 0 Å². The summed E-state index contributed by atoms with van der Waals surface area (Å²) in [5, 5.41) is 7.37. The first-order valence-corrected chi connectivity index (χ1v) is 5.10. The van der Waals surface area contributed by atoms with Crippen LogP contribution in [0, 0.1) is 5.41 Å². The molecule has 1 amide bonds. The molecule has 0 aliphatic heterocycles. The zero-order chi connectivity index (χ0) is 12.5. The molecule has 0 spiro atoms. The molecule has 6 nitrogen and oxygen atoms in total. The van der Waals surface area contributed by atoms with E-state index in [0.29, 0.717) is 0 Å². The summed E-state index contributed by atoms with van der Waals surface area (Å²) < 4.78 is 1.62. The molecule has 0 fully saturated rings. The molecule has 6 heteroatoms. The van der Waals surface area contributed by atoms with Crippen LogP contribution >= 0.6 is 0 Å². The Hall–Kier alpha value is -1.85. The molecule has 1 aromatic rings. The average molecular weight is 223 g/mol. The maximum atomic E-state index is 11.3. The number of carbonyl (C=O) groups is 1. The number of hydrogen-bond donors (Lipinski definition) is 3. The monoisotopic (exact) mass is 223 g/mol. The predicted octanol–water partition coefficient (Wildman–Crippen LogP) is 0.317. The lowest BCUT2D eigenvalue weighted by atomic mass is 10.1. The van der Waals surface area contributed by atoms with E-state index in [4.69, 9.17) is 16.9 Å². The van der Waals surface area contributed by atoms with Gasteiger partial charge >= 0.3 is 0 Å². The zero-order valence-corrected chi connectivity index (χ0v) is 9.74. The van der Waals surface area contributed by atoms with Crippen molar-refractivity contribution in [2.24, 2.45) is 18.5 Å². The van der Waals surface area contributed by atoms with Gasteiger partial charge in [0, 0.05) is 13.0 Å². The fraction of sp³-hybridized carbons (Fsp3) is 0.500. The topological polar surface area (TPSA) is 111 Å². The lowest BCUT2D eigenvalue weighted by molar-refractivity contribution is 0.0992. The fourth-order valence-corrected chi connectivity index (χ4v) is 1.61. The van der Waals surface area contributed by atoms with Gasteiger partial charge in [-0.2, -0.15) is 0 Å². The van der Waals surface area contributed by atoms with Gasteiger partial charge in [-0.25, -0.2) is 4.98 Å². The number of carbonyl (C=O) groups excluding carboxylic acids is 1. The number of primary amides is 1. The van der Waals surface area contributed by atoms with Crippen molar-refractivity contribution in [3.8, 4) is 0 Å². The van der Waals surface area contributed by atoms with Gasteiger partial charge in [0.05, 0.1) is 0 Å². The molecule has 1 heterocycles. The van der Waals surface area contributed by atoms with Crippen LogP contribution in [-0.2, 0) is 7.05 Å². The molecule has 0 aliphatic rings. The summed E-state index contributed by atoms with van der Waals surface area (Å²) in [7, 11) is 1.71. The predicted molar refractivity (Wildman–Crippen MR) is 61.4 cm³/mol. The summed E-state index contributed by atoms with van der Waals surface area (Å²) in [6, 6.07) is 0. The molecule has 5 N–H and O–H groups in total. The third-order valence-corrected chi connectivity index (χ3v) is 2.67. The molecule has 0 saturated carbocycles. The minimum atomic E-state index is -0.616. The molecule has 0 radical (unpaired) electrons. The first-order chi connectivity index (χ1) is 7.40. The Balaban J connectivity index is 3.41. The van der Waals surface area contributed by atoms with Gasteiger partial charge < -0.3 is 16.0 Å². The first kappa shape index (κ1) is 12.2. The Bertz CT molecular complexity index is 435. The van der Waals surface area contributed by atoms with Crippen LogP contribution in [0.15, 0.2) is 0 Å². The Morgan fingerprint density at radius 1 is 1.56 bits per heavy atom. The highest BCUT2D eigenvalue weighted by molar-refractivity contribution is 6.04. The van der Waals surface area contributed by atoms with Crippen LogP contribution in [0.2, 0.25) is 0 Å². The van der Waals surface area contributed by atoms with Gasteiger partial charge in [0.1, 0.15) is 23.0 Å². The van der Waals surface area contributed by atoms with Crippen molar-refractivity contribution >= 4 is 11.7 Å². The fourth-order valence-electron chi connectivity index (χ4n) is 1.61. The molecule has 1 unspecified atom stereocenters. The van der Waals surface area contributed by atoms with Gasteiger partial charge in [-0.3, -0.25) is 10.2 Å². The SMILES string of the molecule is CCC(C)c1nc(C(=N)N)c(C(N)=O)n1C. The standard InChI is InChI=1S/C10H17N5O/c1-4-5(2)10-14-6(8(11)12)7(9(13)16)15(10)3/h5H,4H2,1-3H3,(H3,11,12)(H2,13,16). The lowest BCUT2D eigenvalue weighted by Gasteiger charge is -2.08. The van der Waals surface area contributed by atoms with Crippen molar-refractivity contribution in [3.05, 3.63) is 17.2 Å². The Morgan fingerprint density at radius 2 is 2.12 bits per heavy atom. The minimum absolute atomic E-state index is 0.172. The van der Waals surface area contributed by atoms with Gasteiger partial charge in [-0.05, 0) is 6.42 Å². The summed E-state index contributed by atoms with van der Waals surface area (Å²) >= 11 is 0. The normalized spacial score (nSPS) is 12.4. The van der Waals surface area contributed by atoms with Crippen molar-refractivity contribution in [2.75, 3.05) is 0 Å². The molecule has 0 bridgehead atoms. The smallest absolute Gasteiger partial charge is 0.267 e. The highest BCUT2D eigenvalue weighted by Gasteiger charge is 2.22. The highest BCUT2D eigenvalue weighted by Crippen LogP contribution is 2.20. The van der Waals surface area contributed by atoms with Crippen molar-refractivity contribution in [1.29, 1.82) is 5.41 Å². The van der Waals surface area contributed by atoms with Crippen LogP contribution in [0.3, 0.4) is 0 Å². The molecule has 88 valence electrons. The van der Waals surface area contributed by atoms with Crippen LogP contribution in [0.5, 0.6) is 0 Å². The van der Waals surface area contributed by atoms with Crippen LogP contribution in [0.1, 0.15) is 48.2 Å². The molecule has 16 heavy (non-hydrogen) atoms. The average Bonchev–Trinajstić information content (AvgIpc) is 2.55. The lowest BCUT2D eigenvalue weighted by Crippen LogP contribution is -2.22. The van der Waals surface area contributed by atoms with Crippen LogP contribution in [-0.4, -0.2) is 21.3 Å². The summed E-state index contributed by atoms with van der Waals surface area (Å²) in [6.07, 6.45) is 0.889. The Morgan fingerprint density at radius 3 is 2.44 bits per heavy atom. The van der Waals surface area contributed by atoms with Gasteiger partial charge in [0.15, 0.2) is 0 Å². The van der Waals surface area contributed by atoms with E-state index < -0.39 is 5.91 Å². The second-order valence-electron chi connectivity index (χ2n) is 3.81. The molecule has 0 aliphatic carbocycles. The molecular weight excluding hydrogens is 206 g/mol. The summed E-state index contributed by atoms with van der Waals surface area (Å²) in [5.74, 6) is 0.0615. The van der Waals surface area contributed by atoms with E-state index in [2.05, 4.69) is 4.98 Å². The van der Waals surface area contributed by atoms with Gasteiger partial charge in [-0.1, -0.05) is 13.8 Å². The van der Waals surface area contributed by atoms with E-state index in [1.807, 2.05) is 13.8 Å². The van der Waals surface area contributed by atoms with Crippen molar-refractivity contribution in [2.45, 2.75) is 26.2 Å². The maximum Gasteiger partial charge on any atom is 0.267 e. The summed E-state index contributed by atoms with van der Waals surface area (Å²) in [6.45, 7) is 4.02. The van der Waals surface area contributed by atoms with E-state index in [9.17, 15) is 4.79 Å². The number of imidazole rings is 1. The molecule has 1 aromatic heterocycles. The Kier molecular flexibility index (Phi) is 3.31. The molecular formula is C10H17N5O. The number of rotatable bonds is 4. The van der Waals surface area contributed by atoms with E-state index in [1.165, 1.54) is 0 Å². The summed E-state index contributed by atoms with van der Waals surface area (Å²) in [5.41, 5.74) is 11.0.